The Morgan fingerprint density at radius 2 is 1.71 bits per heavy atom. The predicted octanol–water partition coefficient (Wildman–Crippen LogP) is 6.13. The average molecular weight is 532 g/mol. The van der Waals surface area contributed by atoms with Gasteiger partial charge in [0.2, 0.25) is 10.0 Å². The van der Waals surface area contributed by atoms with Gasteiger partial charge < -0.3 is 5.11 Å². The summed E-state index contributed by atoms with van der Waals surface area (Å²) >= 11 is 0. The zero-order valence-corrected chi connectivity index (χ0v) is 19.9. The lowest BCUT2D eigenvalue weighted by atomic mass is 9.80. The van der Waals surface area contributed by atoms with E-state index in [1.807, 2.05) is 0 Å². The first-order valence-corrected chi connectivity index (χ1v) is 13.8. The second kappa shape index (κ2) is 7.52. The van der Waals surface area contributed by atoms with Crippen LogP contribution in [0.1, 0.15) is 32.3 Å². The molecule has 0 saturated carbocycles. The van der Waals surface area contributed by atoms with Crippen LogP contribution in [0.25, 0.3) is 10.9 Å². The molecule has 0 amide bonds. The van der Waals surface area contributed by atoms with E-state index in [2.05, 4.69) is 9.82 Å². The molecule has 0 fully saturated rings. The van der Waals surface area contributed by atoms with Crippen LogP contribution in [0.15, 0.2) is 47.5 Å². The highest BCUT2D eigenvalue weighted by Gasteiger charge is 2.65. The van der Waals surface area contributed by atoms with Gasteiger partial charge in [-0.15, -0.1) is 0 Å². The number of rotatable bonds is 8. The quantitative estimate of drug-likeness (QED) is 0.343. The number of anilines is 1. The molecule has 0 aliphatic rings. The van der Waals surface area contributed by atoms with Crippen molar-refractivity contribution < 1.29 is 37.3 Å². The van der Waals surface area contributed by atoms with Crippen LogP contribution < -0.4 is 4.72 Å². The number of aromatic nitrogens is 2. The van der Waals surface area contributed by atoms with E-state index in [4.69, 9.17) is 0 Å². The number of benzene rings is 2. The van der Waals surface area contributed by atoms with Gasteiger partial charge in [0.25, 0.3) is 0 Å². The van der Waals surface area contributed by atoms with Crippen molar-refractivity contribution in [1.82, 2.24) is 9.78 Å². The molecule has 0 aliphatic heterocycles. The molecule has 34 heavy (non-hydrogen) atoms. The number of hydrogen-bond acceptors (Lipinski definition) is 4. The lowest BCUT2D eigenvalue weighted by Gasteiger charge is -2.42. The van der Waals surface area contributed by atoms with Crippen molar-refractivity contribution in [2.75, 3.05) is 11.0 Å². The molecule has 3 aromatic rings. The summed E-state index contributed by atoms with van der Waals surface area (Å²) in [5, 5.41) is 15.3. The molecule has 190 valence electrons. The van der Waals surface area contributed by atoms with Crippen molar-refractivity contribution in [2.45, 2.75) is 43.2 Å². The van der Waals surface area contributed by atoms with Crippen molar-refractivity contribution in [3.8, 4) is 0 Å². The lowest BCUT2D eigenvalue weighted by Crippen LogP contribution is -2.46. The van der Waals surface area contributed by atoms with Gasteiger partial charge in [0.15, 0.2) is 0 Å². The highest BCUT2D eigenvalue weighted by Crippen LogP contribution is 3.02. The molecule has 2 unspecified atom stereocenters. The fourth-order valence-corrected chi connectivity index (χ4v) is 5.30. The summed E-state index contributed by atoms with van der Waals surface area (Å²) in [7, 11) is -13.7. The molecule has 1 heterocycles. The minimum absolute atomic E-state index is 0.0277. The van der Waals surface area contributed by atoms with E-state index in [0.29, 0.717) is 0 Å². The van der Waals surface area contributed by atoms with E-state index >= 15 is 0 Å². The summed E-state index contributed by atoms with van der Waals surface area (Å²) < 4.78 is 107. The SMILES string of the molecule is CCC(O)C(CC)(c1ccc(S(F)(F)(F)(F)F)cc1)n1ncc2c(NS(C)(=O)=O)cc(F)cc21. The van der Waals surface area contributed by atoms with Gasteiger partial charge in [0.05, 0.1) is 29.8 Å². The summed E-state index contributed by atoms with van der Waals surface area (Å²) in [6.07, 6.45) is 0.923. The number of hydrogen-bond donors (Lipinski definition) is 2. The molecule has 2 aromatic carbocycles. The molecule has 2 N–H and O–H groups in total. The number of fused-ring (bicyclic) bond motifs is 1. The average Bonchev–Trinajstić information content (AvgIpc) is 3.10. The summed E-state index contributed by atoms with van der Waals surface area (Å²) in [5.74, 6) is -0.840. The molecular weight excluding hydrogens is 508 g/mol. The van der Waals surface area contributed by atoms with Gasteiger partial charge in [-0.1, -0.05) is 45.4 Å². The van der Waals surface area contributed by atoms with Crippen LogP contribution in [-0.4, -0.2) is 35.7 Å². The summed E-state index contributed by atoms with van der Waals surface area (Å²) in [6.45, 7) is 3.20. The summed E-state index contributed by atoms with van der Waals surface area (Å²) in [5.41, 5.74) is -1.64. The van der Waals surface area contributed by atoms with Gasteiger partial charge >= 0.3 is 10.2 Å². The maximum Gasteiger partial charge on any atom is 0.310 e. The topological polar surface area (TPSA) is 84.2 Å². The van der Waals surface area contributed by atoms with E-state index in [9.17, 15) is 37.3 Å². The van der Waals surface area contributed by atoms with Crippen LogP contribution in [0.3, 0.4) is 0 Å². The highest BCUT2D eigenvalue weighted by molar-refractivity contribution is 8.45. The number of sulfonamides is 1. The Morgan fingerprint density at radius 3 is 2.18 bits per heavy atom. The maximum absolute atomic E-state index is 14.4. The third kappa shape index (κ3) is 4.84. The first kappa shape index (κ1) is 26.2. The Bertz CT molecular complexity index is 1340. The second-order valence-electron chi connectivity index (χ2n) is 8.01. The van der Waals surface area contributed by atoms with Crippen molar-refractivity contribution in [3.63, 3.8) is 0 Å². The lowest BCUT2D eigenvalue weighted by molar-refractivity contribution is 0.0486. The molecule has 3 rings (SSSR count). The molecule has 14 heteroatoms. The minimum Gasteiger partial charge on any atom is -0.390 e. The standard InChI is InChI=1S/C20H23F6N3O3S2/c1-4-19(30)20(5-2,13-6-8-15(9-7-13)34(22,23,24,25)26)29-18-11-14(21)10-17(16(18)12-27-29)28-33(3,31)32/h6-12,19,28,30H,4-5H2,1-3H3. The fourth-order valence-electron chi connectivity index (χ4n) is 4.08. The van der Waals surface area contributed by atoms with Crippen LogP contribution in [0.4, 0.5) is 29.5 Å². The van der Waals surface area contributed by atoms with Crippen LogP contribution in [0, 0.1) is 5.82 Å². The molecular formula is C20H23F6N3O3S2. The first-order chi connectivity index (χ1) is 15.3. The first-order valence-electron chi connectivity index (χ1n) is 10.0. The summed E-state index contributed by atoms with van der Waals surface area (Å²) in [4.78, 5) is -2.09. The van der Waals surface area contributed by atoms with Crippen LogP contribution in [-0.2, 0) is 15.6 Å². The van der Waals surface area contributed by atoms with Crippen molar-refractivity contribution in [3.05, 3.63) is 54.0 Å². The molecule has 1 aromatic heterocycles. The van der Waals surface area contributed by atoms with E-state index in [-0.39, 0.29) is 47.1 Å². The van der Waals surface area contributed by atoms with E-state index in [0.717, 1.165) is 30.5 Å². The van der Waals surface area contributed by atoms with Gasteiger partial charge in [-0.05, 0) is 42.7 Å². The Labute approximate surface area is 192 Å². The minimum atomic E-state index is -9.93. The Balaban J connectivity index is 2.31. The molecule has 0 saturated heterocycles. The number of aliphatic hydroxyl groups excluding tert-OH is 1. The molecule has 2 atom stereocenters. The van der Waals surface area contributed by atoms with E-state index in [1.165, 1.54) is 10.9 Å². The highest BCUT2D eigenvalue weighted by atomic mass is 32.5. The summed E-state index contributed by atoms with van der Waals surface area (Å²) in [6, 6.07) is 4.11. The second-order valence-corrected chi connectivity index (χ2v) is 12.2. The van der Waals surface area contributed by atoms with Crippen molar-refractivity contribution in [2.24, 2.45) is 0 Å². The largest absolute Gasteiger partial charge is 0.390 e. The van der Waals surface area contributed by atoms with E-state index in [1.54, 1.807) is 13.8 Å². The van der Waals surface area contributed by atoms with Crippen molar-refractivity contribution >= 4 is 36.8 Å². The van der Waals surface area contributed by atoms with Gasteiger partial charge in [0, 0.05) is 5.39 Å². The zero-order valence-electron chi connectivity index (χ0n) is 18.3. The fraction of sp³-hybridized carbons (Fsp3) is 0.350. The predicted molar refractivity (Wildman–Crippen MR) is 120 cm³/mol. The maximum atomic E-state index is 14.4. The molecule has 6 nitrogen and oxygen atoms in total. The molecule has 0 spiro atoms. The molecule has 0 radical (unpaired) electrons. The monoisotopic (exact) mass is 531 g/mol. The number of nitrogens with one attached hydrogen (secondary N) is 1. The molecule has 0 bridgehead atoms. The Hall–Kier alpha value is -2.45. The van der Waals surface area contributed by atoms with Crippen LogP contribution in [0.2, 0.25) is 0 Å². The van der Waals surface area contributed by atoms with Crippen LogP contribution in [0.5, 0.6) is 0 Å². The smallest absolute Gasteiger partial charge is 0.310 e. The van der Waals surface area contributed by atoms with Gasteiger partial charge in [0.1, 0.15) is 16.3 Å². The van der Waals surface area contributed by atoms with Crippen molar-refractivity contribution in [1.29, 1.82) is 0 Å². The normalized spacial score (nSPS) is 17.6. The molecule has 0 aliphatic carbocycles. The van der Waals surface area contributed by atoms with Gasteiger partial charge in [-0.25, -0.2) is 12.8 Å². The Kier molecular flexibility index (Phi) is 5.79. The van der Waals surface area contributed by atoms with Gasteiger partial charge in [-0.2, -0.15) is 5.10 Å². The third-order valence-corrected chi connectivity index (χ3v) is 7.36. The number of halogens is 6. The number of aliphatic hydroxyl groups is 1. The van der Waals surface area contributed by atoms with E-state index < -0.39 is 42.6 Å². The van der Waals surface area contributed by atoms with Gasteiger partial charge in [-0.3, -0.25) is 9.40 Å². The third-order valence-electron chi connectivity index (χ3n) is 5.60. The number of nitrogens with zero attached hydrogens (tertiary/aromatic N) is 2. The van der Waals surface area contributed by atoms with Crippen LogP contribution >= 0.6 is 10.2 Å². The Morgan fingerprint density at radius 1 is 1.12 bits per heavy atom. The zero-order chi connectivity index (χ0) is 25.8.